The highest BCUT2D eigenvalue weighted by atomic mass is 16.8. The Morgan fingerprint density at radius 2 is 1.36 bits per heavy atom. The van der Waals surface area contributed by atoms with Crippen molar-refractivity contribution in [2.75, 3.05) is 19.8 Å². The maximum atomic E-state index is 12.7. The summed E-state index contributed by atoms with van der Waals surface area (Å²) in [6.45, 7) is 0.357. The molecule has 4 rings (SSSR count). The zero-order valence-electron chi connectivity index (χ0n) is 30.3. The van der Waals surface area contributed by atoms with Gasteiger partial charge in [0.25, 0.3) is 5.79 Å². The Kier molecular flexibility index (Phi) is 15.8. The van der Waals surface area contributed by atoms with Crippen LogP contribution in [0.15, 0.2) is 0 Å². The van der Waals surface area contributed by atoms with E-state index in [9.17, 15) is 80.8 Å². The van der Waals surface area contributed by atoms with E-state index >= 15 is 0 Å². The van der Waals surface area contributed by atoms with Crippen molar-refractivity contribution in [2.45, 2.75) is 155 Å². The van der Waals surface area contributed by atoms with Crippen LogP contribution in [0, 0.1) is 0 Å². The van der Waals surface area contributed by atoms with Gasteiger partial charge in [-0.25, -0.2) is 4.79 Å². The summed E-state index contributed by atoms with van der Waals surface area (Å²) in [5, 5.41) is 141. The number of carbonyl (C=O) groups excluding carboxylic acids is 2. The summed E-state index contributed by atoms with van der Waals surface area (Å²) >= 11 is 0. The third-order valence-corrected chi connectivity index (χ3v) is 9.94. The molecule has 4 fully saturated rings. The normalized spacial score (nSPS) is 45.7. The molecule has 4 aliphatic heterocycles. The monoisotopic (exact) mass is 820 g/mol. The van der Waals surface area contributed by atoms with E-state index in [0.29, 0.717) is 0 Å². The second kappa shape index (κ2) is 19.1. The van der Waals surface area contributed by atoms with Crippen LogP contribution in [0.4, 0.5) is 0 Å². The van der Waals surface area contributed by atoms with Gasteiger partial charge in [0, 0.05) is 20.3 Å². The molecule has 0 saturated carbocycles. The lowest BCUT2D eigenvalue weighted by Gasteiger charge is -2.49. The number of nitrogens with one attached hydrogen (secondary N) is 2. The molecule has 0 spiro atoms. The van der Waals surface area contributed by atoms with Crippen molar-refractivity contribution >= 4 is 17.8 Å². The molecule has 0 aromatic heterocycles. The highest BCUT2D eigenvalue weighted by Gasteiger charge is 2.58. The molecule has 15 N–H and O–H groups in total. The second-order valence-corrected chi connectivity index (χ2v) is 14.1. The lowest BCUT2D eigenvalue weighted by Crippen LogP contribution is -2.69. The number of hydrogen-bond donors (Lipinski definition) is 15. The van der Waals surface area contributed by atoms with E-state index in [1.165, 1.54) is 6.92 Å². The van der Waals surface area contributed by atoms with Crippen molar-refractivity contribution in [1.29, 1.82) is 0 Å². The first-order chi connectivity index (χ1) is 26.2. The highest BCUT2D eigenvalue weighted by Crippen LogP contribution is 2.37. The number of amides is 2. The largest absolute Gasteiger partial charge is 0.477 e. The van der Waals surface area contributed by atoms with Crippen LogP contribution in [0.2, 0.25) is 0 Å². The molecule has 25 nitrogen and oxygen atoms in total. The Balaban J connectivity index is 1.66. The van der Waals surface area contributed by atoms with Gasteiger partial charge < -0.3 is 110 Å². The van der Waals surface area contributed by atoms with E-state index in [-0.39, 0.29) is 0 Å². The standard InChI is InChI=1S/C31H52N2O23/c1-8-17(40)21(44)23(46)28(51-8)55-26-22(45)19(42)14(53-29(26)54-24-13(6-35)52-27(47)16(20(24)43)33-10(3)37)7-50-31(30(48)49)4-11(38)15(32-9(2)36)25(56-31)18(41)12(39)5-34/h8,11-29,34-35,38-47H,4-7H2,1-3H3,(H,32,36)(H,33,37)(H,48,49)/t8-,11-,12+,13+,14+,15+,16+,17+,18+,19-,20+,21+,22-,23-,24+,25+,26+,27+,28-,29-,31+/m0/s1. The van der Waals surface area contributed by atoms with E-state index in [1.807, 2.05) is 0 Å². The maximum Gasteiger partial charge on any atom is 0.364 e. The molecule has 0 unspecified atom stereocenters. The van der Waals surface area contributed by atoms with Gasteiger partial charge in [-0.15, -0.1) is 0 Å². The Labute approximate surface area is 317 Å². The number of aliphatic hydroxyl groups excluding tert-OH is 12. The molecule has 0 aromatic carbocycles. The van der Waals surface area contributed by atoms with Gasteiger partial charge in [-0.05, 0) is 6.92 Å². The van der Waals surface area contributed by atoms with Gasteiger partial charge in [0.15, 0.2) is 18.9 Å². The Hall–Kier alpha value is -2.35. The molecular weight excluding hydrogens is 768 g/mol. The fourth-order valence-electron chi connectivity index (χ4n) is 6.87. The maximum absolute atomic E-state index is 12.7. The summed E-state index contributed by atoms with van der Waals surface area (Å²) in [5.41, 5.74) is 0. The molecule has 4 heterocycles. The van der Waals surface area contributed by atoms with Crippen LogP contribution >= 0.6 is 0 Å². The van der Waals surface area contributed by atoms with Crippen LogP contribution < -0.4 is 10.6 Å². The van der Waals surface area contributed by atoms with E-state index in [2.05, 4.69) is 10.6 Å². The van der Waals surface area contributed by atoms with Gasteiger partial charge in [-0.3, -0.25) is 9.59 Å². The molecule has 4 saturated heterocycles. The van der Waals surface area contributed by atoms with Crippen molar-refractivity contribution in [2.24, 2.45) is 0 Å². The molecule has 0 bridgehead atoms. The van der Waals surface area contributed by atoms with E-state index in [1.54, 1.807) is 0 Å². The number of carboxylic acids is 1. The predicted octanol–water partition coefficient (Wildman–Crippen LogP) is -9.23. The molecule has 2 amide bonds. The van der Waals surface area contributed by atoms with Crippen molar-refractivity contribution < 1.29 is 114 Å². The van der Waals surface area contributed by atoms with Crippen molar-refractivity contribution in [3.8, 4) is 0 Å². The number of carboxylic acid groups (broad SMARTS) is 1. The number of aliphatic carboxylic acids is 1. The zero-order chi connectivity index (χ0) is 42.0. The summed E-state index contributed by atoms with van der Waals surface area (Å²) in [7, 11) is 0. The van der Waals surface area contributed by atoms with Crippen LogP contribution in [0.1, 0.15) is 27.2 Å². The first-order valence-electron chi connectivity index (χ1n) is 17.6. The molecule has 324 valence electrons. The van der Waals surface area contributed by atoms with E-state index in [4.69, 9.17) is 33.2 Å². The van der Waals surface area contributed by atoms with Gasteiger partial charge in [-0.1, -0.05) is 0 Å². The average molecular weight is 821 g/mol. The third-order valence-electron chi connectivity index (χ3n) is 9.94. The average Bonchev–Trinajstić information content (AvgIpc) is 3.14. The van der Waals surface area contributed by atoms with Crippen LogP contribution in [-0.4, -0.2) is 232 Å². The van der Waals surface area contributed by atoms with E-state index in [0.717, 1.165) is 13.8 Å². The molecule has 0 radical (unpaired) electrons. The summed E-state index contributed by atoms with van der Waals surface area (Å²) < 4.78 is 39.4. The summed E-state index contributed by atoms with van der Waals surface area (Å²) in [4.78, 5) is 36.4. The molecule has 25 heteroatoms. The predicted molar refractivity (Wildman–Crippen MR) is 173 cm³/mol. The fraction of sp³-hybridized carbons (Fsp3) is 0.903. The first-order valence-corrected chi connectivity index (χ1v) is 17.6. The quantitative estimate of drug-likeness (QED) is 0.0773. The molecular formula is C31H52N2O23. The summed E-state index contributed by atoms with van der Waals surface area (Å²) in [6, 6.07) is -3.12. The van der Waals surface area contributed by atoms with Crippen molar-refractivity contribution in [3.63, 3.8) is 0 Å². The minimum absolute atomic E-state index is 0.728. The molecule has 4 aliphatic rings. The van der Waals surface area contributed by atoms with Gasteiger partial charge in [-0.2, -0.15) is 0 Å². The lowest BCUT2D eigenvalue weighted by atomic mass is 9.88. The summed E-state index contributed by atoms with van der Waals surface area (Å²) in [5.74, 6) is -6.35. The van der Waals surface area contributed by atoms with E-state index < -0.39 is 172 Å². The summed E-state index contributed by atoms with van der Waals surface area (Å²) in [6.07, 6.45) is -34.5. The molecule has 21 atom stereocenters. The Bertz CT molecular complexity index is 1330. The van der Waals surface area contributed by atoms with Gasteiger partial charge in [0.1, 0.15) is 85.4 Å². The number of rotatable bonds is 14. The van der Waals surface area contributed by atoms with Crippen molar-refractivity contribution in [3.05, 3.63) is 0 Å². The highest BCUT2D eigenvalue weighted by molar-refractivity contribution is 5.76. The first kappa shape index (κ1) is 46.3. The zero-order valence-corrected chi connectivity index (χ0v) is 30.3. The van der Waals surface area contributed by atoms with Gasteiger partial charge >= 0.3 is 5.97 Å². The third kappa shape index (κ3) is 9.91. The number of hydrogen-bond acceptors (Lipinski definition) is 22. The number of ether oxygens (including phenoxy) is 7. The van der Waals surface area contributed by atoms with Crippen LogP contribution in [0.5, 0.6) is 0 Å². The minimum atomic E-state index is -2.93. The second-order valence-electron chi connectivity index (χ2n) is 14.1. The number of aliphatic hydroxyl groups is 12. The van der Waals surface area contributed by atoms with Gasteiger partial charge in [0.05, 0.1) is 38.1 Å². The molecule has 0 aromatic rings. The molecule has 0 aliphatic carbocycles. The van der Waals surface area contributed by atoms with Crippen LogP contribution in [0.3, 0.4) is 0 Å². The fourth-order valence-corrected chi connectivity index (χ4v) is 6.87. The Morgan fingerprint density at radius 3 is 1.93 bits per heavy atom. The smallest absolute Gasteiger partial charge is 0.364 e. The van der Waals surface area contributed by atoms with Crippen LogP contribution in [0.25, 0.3) is 0 Å². The van der Waals surface area contributed by atoms with Crippen molar-refractivity contribution in [1.82, 2.24) is 10.6 Å². The number of carbonyl (C=O) groups is 3. The molecule has 56 heavy (non-hydrogen) atoms. The van der Waals surface area contributed by atoms with Gasteiger partial charge in [0.2, 0.25) is 11.8 Å². The van der Waals surface area contributed by atoms with Crippen LogP contribution in [-0.2, 0) is 47.5 Å². The SMILES string of the molecule is CC(=O)N[C@@H]1[C@@H](O)[C@H](O[C@@H]2O[C@H](CO[C@]3(C(=O)O)C[C@H](O)[C@@H](NC(C)=O)[C@H]([C@H](O)[C@H](O)CO)O3)[C@H](O)[C@H](O)[C@H]2O[C@@H]2O[C@@H](C)[C@@H](O)[C@@H](O)[C@@H]2O)[C@@H](CO)O[C@H]1O. The minimum Gasteiger partial charge on any atom is -0.477 e. The lowest BCUT2D eigenvalue weighted by molar-refractivity contribution is -0.387. The Morgan fingerprint density at radius 1 is 0.750 bits per heavy atom. The topological polar surface area (TPSA) is 403 Å².